The Labute approximate surface area is 109 Å². The Kier molecular flexibility index (Phi) is 3.93. The Morgan fingerprint density at radius 3 is 2.89 bits per heavy atom. The summed E-state index contributed by atoms with van der Waals surface area (Å²) in [5.74, 6) is 0.155. The molecule has 1 atom stereocenters. The molecule has 0 aliphatic heterocycles. The highest BCUT2D eigenvalue weighted by molar-refractivity contribution is 7.09. The Balaban J connectivity index is 2.15. The molecule has 96 valence electrons. The van der Waals surface area contributed by atoms with Gasteiger partial charge in [0.1, 0.15) is 23.2 Å². The van der Waals surface area contributed by atoms with Crippen molar-refractivity contribution in [1.29, 1.82) is 0 Å². The third-order valence-corrected chi connectivity index (χ3v) is 3.42. The van der Waals surface area contributed by atoms with Crippen LogP contribution in [0.5, 0.6) is 5.75 Å². The highest BCUT2D eigenvalue weighted by atomic mass is 32.1. The number of aromatic nitrogens is 1. The average Bonchev–Trinajstić information content (AvgIpc) is 2.72. The number of hydrogen-bond acceptors (Lipinski definition) is 4. The predicted molar refractivity (Wildman–Crippen MR) is 70.2 cm³/mol. The fourth-order valence-electron chi connectivity index (χ4n) is 1.62. The molecular formula is C13H15FN2OS. The zero-order valence-corrected chi connectivity index (χ0v) is 11.1. The van der Waals surface area contributed by atoms with Gasteiger partial charge in [-0.1, -0.05) is 6.07 Å². The van der Waals surface area contributed by atoms with Crippen LogP contribution in [0.2, 0.25) is 0 Å². The van der Waals surface area contributed by atoms with Gasteiger partial charge in [0.05, 0.1) is 0 Å². The van der Waals surface area contributed by atoms with Gasteiger partial charge < -0.3 is 10.5 Å². The number of aryl methyl sites for hydroxylation is 1. The zero-order valence-electron chi connectivity index (χ0n) is 10.3. The van der Waals surface area contributed by atoms with E-state index in [0.717, 1.165) is 16.3 Å². The van der Waals surface area contributed by atoms with E-state index >= 15 is 0 Å². The number of thiazole rings is 1. The van der Waals surface area contributed by atoms with Crippen molar-refractivity contribution in [2.75, 3.05) is 0 Å². The van der Waals surface area contributed by atoms with E-state index in [1.807, 2.05) is 19.2 Å². The van der Waals surface area contributed by atoms with Crippen molar-refractivity contribution in [1.82, 2.24) is 4.98 Å². The molecule has 18 heavy (non-hydrogen) atoms. The number of rotatable bonds is 4. The quantitative estimate of drug-likeness (QED) is 0.924. The lowest BCUT2D eigenvalue weighted by Crippen LogP contribution is -2.08. The summed E-state index contributed by atoms with van der Waals surface area (Å²) in [7, 11) is 0. The molecule has 0 aliphatic rings. The van der Waals surface area contributed by atoms with Gasteiger partial charge in [0.25, 0.3) is 0 Å². The molecule has 0 saturated heterocycles. The fraction of sp³-hybridized carbons (Fsp3) is 0.308. The van der Waals surface area contributed by atoms with Gasteiger partial charge in [-0.25, -0.2) is 9.37 Å². The summed E-state index contributed by atoms with van der Waals surface area (Å²) in [6.07, 6.45) is 0. The van der Waals surface area contributed by atoms with Crippen LogP contribution >= 0.6 is 11.3 Å². The molecule has 0 saturated carbocycles. The molecule has 2 rings (SSSR count). The van der Waals surface area contributed by atoms with E-state index in [9.17, 15) is 4.39 Å². The van der Waals surface area contributed by atoms with Crippen LogP contribution in [0.1, 0.15) is 29.2 Å². The number of ether oxygens (including phenoxy) is 1. The number of benzene rings is 1. The van der Waals surface area contributed by atoms with Crippen LogP contribution in [0.15, 0.2) is 23.6 Å². The molecule has 2 N–H and O–H groups in total. The molecule has 0 radical (unpaired) electrons. The molecule has 0 spiro atoms. The SMILES string of the molecule is Cc1csc(COc2cc(F)ccc2[C@@H](C)N)n1. The maximum absolute atomic E-state index is 13.2. The van der Waals surface area contributed by atoms with Crippen molar-refractivity contribution < 1.29 is 9.13 Å². The molecule has 3 nitrogen and oxygen atoms in total. The number of nitrogens with two attached hydrogens (primary N) is 1. The van der Waals surface area contributed by atoms with Crippen LogP contribution < -0.4 is 10.5 Å². The summed E-state index contributed by atoms with van der Waals surface area (Å²) in [6.45, 7) is 4.10. The molecule has 1 aromatic heterocycles. The third kappa shape index (κ3) is 3.05. The second-order valence-electron chi connectivity index (χ2n) is 4.14. The van der Waals surface area contributed by atoms with Gasteiger partial charge in [-0.15, -0.1) is 11.3 Å². The lowest BCUT2D eigenvalue weighted by Gasteiger charge is -2.13. The van der Waals surface area contributed by atoms with Crippen molar-refractivity contribution in [3.05, 3.63) is 45.7 Å². The first kappa shape index (κ1) is 13.0. The monoisotopic (exact) mass is 266 g/mol. The third-order valence-electron chi connectivity index (χ3n) is 2.48. The fourth-order valence-corrected chi connectivity index (χ4v) is 2.30. The van der Waals surface area contributed by atoms with Crippen LogP contribution in [0.25, 0.3) is 0 Å². The van der Waals surface area contributed by atoms with Gasteiger partial charge in [-0.2, -0.15) is 0 Å². The molecule has 1 heterocycles. The van der Waals surface area contributed by atoms with E-state index < -0.39 is 0 Å². The zero-order chi connectivity index (χ0) is 13.1. The second kappa shape index (κ2) is 5.46. The average molecular weight is 266 g/mol. The van der Waals surface area contributed by atoms with Crippen molar-refractivity contribution in [2.24, 2.45) is 5.73 Å². The smallest absolute Gasteiger partial charge is 0.140 e. The molecule has 0 unspecified atom stereocenters. The maximum Gasteiger partial charge on any atom is 0.140 e. The Morgan fingerprint density at radius 1 is 1.50 bits per heavy atom. The molecule has 5 heteroatoms. The van der Waals surface area contributed by atoms with Crippen LogP contribution in [-0.2, 0) is 6.61 Å². The predicted octanol–water partition coefficient (Wildman–Crippen LogP) is 3.19. The van der Waals surface area contributed by atoms with Gasteiger partial charge >= 0.3 is 0 Å². The Morgan fingerprint density at radius 2 is 2.28 bits per heavy atom. The van der Waals surface area contributed by atoms with Crippen LogP contribution in [-0.4, -0.2) is 4.98 Å². The minimum atomic E-state index is -0.329. The highest BCUT2D eigenvalue weighted by Crippen LogP contribution is 2.26. The van der Waals surface area contributed by atoms with E-state index in [0.29, 0.717) is 12.4 Å². The summed E-state index contributed by atoms with van der Waals surface area (Å²) in [5.41, 5.74) is 7.58. The van der Waals surface area contributed by atoms with E-state index in [4.69, 9.17) is 10.5 Å². The summed E-state index contributed by atoms with van der Waals surface area (Å²) >= 11 is 1.53. The number of nitrogens with zero attached hydrogens (tertiary/aromatic N) is 1. The Hall–Kier alpha value is -1.46. The van der Waals surface area contributed by atoms with Crippen molar-refractivity contribution in [3.63, 3.8) is 0 Å². The number of hydrogen-bond donors (Lipinski definition) is 1. The topological polar surface area (TPSA) is 48.1 Å². The largest absolute Gasteiger partial charge is 0.486 e. The highest BCUT2D eigenvalue weighted by Gasteiger charge is 2.10. The molecular weight excluding hydrogens is 251 g/mol. The molecule has 0 amide bonds. The lowest BCUT2D eigenvalue weighted by molar-refractivity contribution is 0.299. The number of halogens is 1. The molecule has 0 fully saturated rings. The van der Waals surface area contributed by atoms with Gasteiger partial charge in [-0.05, 0) is 19.9 Å². The first-order valence-corrected chi connectivity index (χ1v) is 6.53. The molecule has 1 aromatic carbocycles. The minimum Gasteiger partial charge on any atom is -0.486 e. The van der Waals surface area contributed by atoms with Gasteiger partial charge in [0.15, 0.2) is 0 Å². The second-order valence-corrected chi connectivity index (χ2v) is 5.08. The maximum atomic E-state index is 13.2. The van der Waals surface area contributed by atoms with Gasteiger partial charge in [-0.3, -0.25) is 0 Å². The standard InChI is InChI=1S/C13H15FN2OS/c1-8-7-18-13(16-8)6-17-12-5-10(14)3-4-11(12)9(2)15/h3-5,7,9H,6,15H2,1-2H3/t9-/m1/s1. The summed E-state index contributed by atoms with van der Waals surface area (Å²) in [4.78, 5) is 4.29. The first-order chi connectivity index (χ1) is 8.56. The minimum absolute atomic E-state index is 0.196. The summed E-state index contributed by atoms with van der Waals surface area (Å²) in [6, 6.07) is 4.21. The van der Waals surface area contributed by atoms with Crippen molar-refractivity contribution in [3.8, 4) is 5.75 Å². The normalized spacial score (nSPS) is 12.4. The lowest BCUT2D eigenvalue weighted by atomic mass is 10.1. The Bertz CT molecular complexity index is 540. The summed E-state index contributed by atoms with van der Waals surface area (Å²) in [5, 5.41) is 2.82. The first-order valence-electron chi connectivity index (χ1n) is 5.65. The van der Waals surface area contributed by atoms with Crippen LogP contribution in [0, 0.1) is 12.7 Å². The van der Waals surface area contributed by atoms with E-state index in [2.05, 4.69) is 4.98 Å². The van der Waals surface area contributed by atoms with Gasteiger partial charge in [0, 0.05) is 28.7 Å². The van der Waals surface area contributed by atoms with E-state index in [1.54, 1.807) is 6.07 Å². The van der Waals surface area contributed by atoms with Crippen LogP contribution in [0.4, 0.5) is 4.39 Å². The molecule has 0 bridgehead atoms. The van der Waals surface area contributed by atoms with Crippen molar-refractivity contribution >= 4 is 11.3 Å². The van der Waals surface area contributed by atoms with Crippen molar-refractivity contribution in [2.45, 2.75) is 26.5 Å². The van der Waals surface area contributed by atoms with Gasteiger partial charge in [0.2, 0.25) is 0 Å². The molecule has 0 aliphatic carbocycles. The molecule has 2 aromatic rings. The summed E-state index contributed by atoms with van der Waals surface area (Å²) < 4.78 is 18.8. The van der Waals surface area contributed by atoms with E-state index in [-0.39, 0.29) is 11.9 Å². The van der Waals surface area contributed by atoms with E-state index in [1.165, 1.54) is 23.5 Å². The van der Waals surface area contributed by atoms with Crippen LogP contribution in [0.3, 0.4) is 0 Å².